The normalized spacial score (nSPS) is 22.8. The molecule has 0 bridgehead atoms. The Labute approximate surface area is 84.1 Å². The van der Waals surface area contributed by atoms with Gasteiger partial charge in [-0.2, -0.15) is 11.8 Å². The van der Waals surface area contributed by atoms with Crippen molar-refractivity contribution in [1.82, 2.24) is 0 Å². The molecule has 0 amide bonds. The SMILES string of the molecule is COC(CSCC1CCCO1)OC. The summed E-state index contributed by atoms with van der Waals surface area (Å²) in [5.74, 6) is 1.94. The first-order valence-electron chi connectivity index (χ1n) is 4.61. The molecule has 13 heavy (non-hydrogen) atoms. The second-order valence-electron chi connectivity index (χ2n) is 3.07. The number of methoxy groups -OCH3 is 2. The van der Waals surface area contributed by atoms with Crippen molar-refractivity contribution in [3.05, 3.63) is 0 Å². The van der Waals surface area contributed by atoms with Gasteiger partial charge in [0, 0.05) is 32.3 Å². The summed E-state index contributed by atoms with van der Waals surface area (Å²) in [4.78, 5) is 0. The Hall–Kier alpha value is 0.230. The third kappa shape index (κ3) is 4.31. The molecule has 4 heteroatoms. The number of hydrogen-bond donors (Lipinski definition) is 0. The van der Waals surface area contributed by atoms with Crippen molar-refractivity contribution in [2.45, 2.75) is 25.2 Å². The Morgan fingerprint density at radius 2 is 2.23 bits per heavy atom. The van der Waals surface area contributed by atoms with Crippen molar-refractivity contribution in [2.75, 3.05) is 32.3 Å². The van der Waals surface area contributed by atoms with E-state index in [2.05, 4.69) is 0 Å². The summed E-state index contributed by atoms with van der Waals surface area (Å²) in [5, 5.41) is 0. The van der Waals surface area contributed by atoms with Crippen molar-refractivity contribution in [3.8, 4) is 0 Å². The molecule has 1 unspecified atom stereocenters. The molecule has 1 atom stereocenters. The van der Waals surface area contributed by atoms with Crippen LogP contribution < -0.4 is 0 Å². The van der Waals surface area contributed by atoms with Crippen molar-refractivity contribution in [3.63, 3.8) is 0 Å². The van der Waals surface area contributed by atoms with Gasteiger partial charge in [-0.1, -0.05) is 0 Å². The molecule has 0 radical (unpaired) electrons. The van der Waals surface area contributed by atoms with E-state index in [9.17, 15) is 0 Å². The monoisotopic (exact) mass is 206 g/mol. The molecule has 1 fully saturated rings. The lowest BCUT2D eigenvalue weighted by molar-refractivity contribution is -0.0842. The first-order chi connectivity index (χ1) is 6.36. The van der Waals surface area contributed by atoms with Gasteiger partial charge in [0.05, 0.1) is 6.10 Å². The van der Waals surface area contributed by atoms with E-state index in [1.54, 1.807) is 14.2 Å². The molecule has 1 aliphatic rings. The first kappa shape index (κ1) is 11.3. The fourth-order valence-electron chi connectivity index (χ4n) is 1.30. The van der Waals surface area contributed by atoms with E-state index in [0.717, 1.165) is 18.1 Å². The number of thioether (sulfide) groups is 1. The van der Waals surface area contributed by atoms with Gasteiger partial charge in [-0.3, -0.25) is 0 Å². The highest BCUT2D eigenvalue weighted by molar-refractivity contribution is 7.99. The maximum Gasteiger partial charge on any atom is 0.165 e. The lowest BCUT2D eigenvalue weighted by Crippen LogP contribution is -2.18. The van der Waals surface area contributed by atoms with Crippen LogP contribution in [-0.2, 0) is 14.2 Å². The molecule has 78 valence electrons. The van der Waals surface area contributed by atoms with Crippen LogP contribution in [0.2, 0.25) is 0 Å². The van der Waals surface area contributed by atoms with E-state index in [1.807, 2.05) is 11.8 Å². The standard InChI is InChI=1S/C9H18O3S/c1-10-9(11-2)7-13-6-8-4-3-5-12-8/h8-9H,3-7H2,1-2H3. The number of hydrogen-bond acceptors (Lipinski definition) is 4. The van der Waals surface area contributed by atoms with Crippen LogP contribution in [0, 0.1) is 0 Å². The van der Waals surface area contributed by atoms with Gasteiger partial charge in [-0.25, -0.2) is 0 Å². The fraction of sp³-hybridized carbons (Fsp3) is 1.00. The fourth-order valence-corrected chi connectivity index (χ4v) is 2.43. The van der Waals surface area contributed by atoms with Crippen LogP contribution in [0.4, 0.5) is 0 Å². The minimum absolute atomic E-state index is 0.0774. The average Bonchev–Trinajstić information content (AvgIpc) is 2.65. The summed E-state index contributed by atoms with van der Waals surface area (Å²) in [5.41, 5.74) is 0. The topological polar surface area (TPSA) is 27.7 Å². The van der Waals surface area contributed by atoms with Crippen LogP contribution in [0.3, 0.4) is 0 Å². The summed E-state index contributed by atoms with van der Waals surface area (Å²) in [6, 6.07) is 0. The zero-order chi connectivity index (χ0) is 9.52. The molecule has 1 rings (SSSR count). The molecule has 0 spiro atoms. The summed E-state index contributed by atoms with van der Waals surface area (Å²) in [7, 11) is 3.33. The molecule has 0 N–H and O–H groups in total. The zero-order valence-electron chi connectivity index (χ0n) is 8.32. The molecular weight excluding hydrogens is 188 g/mol. The molecule has 0 aliphatic carbocycles. The predicted octanol–water partition coefficient (Wildman–Crippen LogP) is 1.52. The largest absolute Gasteiger partial charge is 0.377 e. The van der Waals surface area contributed by atoms with Crippen LogP contribution in [0.5, 0.6) is 0 Å². The molecule has 0 saturated carbocycles. The van der Waals surface area contributed by atoms with Gasteiger partial charge in [0.15, 0.2) is 6.29 Å². The van der Waals surface area contributed by atoms with E-state index >= 15 is 0 Å². The minimum atomic E-state index is -0.0774. The molecular formula is C9H18O3S. The Bertz CT molecular complexity index is 120. The second kappa shape index (κ2) is 6.65. The molecule has 0 aromatic heterocycles. The first-order valence-corrected chi connectivity index (χ1v) is 5.77. The molecule has 3 nitrogen and oxygen atoms in total. The Morgan fingerprint density at radius 3 is 2.77 bits per heavy atom. The van der Waals surface area contributed by atoms with E-state index in [-0.39, 0.29) is 6.29 Å². The Balaban J connectivity index is 1.98. The summed E-state index contributed by atoms with van der Waals surface area (Å²) in [6.07, 6.45) is 2.80. The van der Waals surface area contributed by atoms with Gasteiger partial charge in [-0.05, 0) is 12.8 Å². The van der Waals surface area contributed by atoms with Gasteiger partial charge in [0.2, 0.25) is 0 Å². The molecule has 1 saturated heterocycles. The highest BCUT2D eigenvalue weighted by Crippen LogP contribution is 2.17. The van der Waals surface area contributed by atoms with Crippen molar-refractivity contribution < 1.29 is 14.2 Å². The zero-order valence-corrected chi connectivity index (χ0v) is 9.14. The van der Waals surface area contributed by atoms with Gasteiger partial charge in [0.25, 0.3) is 0 Å². The van der Waals surface area contributed by atoms with Gasteiger partial charge in [-0.15, -0.1) is 0 Å². The van der Waals surface area contributed by atoms with Crippen molar-refractivity contribution in [2.24, 2.45) is 0 Å². The third-order valence-electron chi connectivity index (χ3n) is 2.11. The Kier molecular flexibility index (Phi) is 5.78. The van der Waals surface area contributed by atoms with Crippen LogP contribution in [0.15, 0.2) is 0 Å². The van der Waals surface area contributed by atoms with Crippen LogP contribution in [-0.4, -0.2) is 44.7 Å². The van der Waals surface area contributed by atoms with E-state index in [0.29, 0.717) is 6.10 Å². The van der Waals surface area contributed by atoms with Crippen LogP contribution in [0.25, 0.3) is 0 Å². The van der Waals surface area contributed by atoms with E-state index in [1.165, 1.54) is 12.8 Å². The van der Waals surface area contributed by atoms with Crippen LogP contribution >= 0.6 is 11.8 Å². The quantitative estimate of drug-likeness (QED) is 0.616. The number of ether oxygens (including phenoxy) is 3. The third-order valence-corrected chi connectivity index (χ3v) is 3.22. The van der Waals surface area contributed by atoms with Gasteiger partial charge < -0.3 is 14.2 Å². The van der Waals surface area contributed by atoms with Gasteiger partial charge in [0.1, 0.15) is 0 Å². The van der Waals surface area contributed by atoms with Gasteiger partial charge >= 0.3 is 0 Å². The summed E-state index contributed by atoms with van der Waals surface area (Å²) in [6.45, 7) is 0.934. The van der Waals surface area contributed by atoms with Crippen LogP contribution in [0.1, 0.15) is 12.8 Å². The minimum Gasteiger partial charge on any atom is -0.377 e. The van der Waals surface area contributed by atoms with E-state index in [4.69, 9.17) is 14.2 Å². The maximum absolute atomic E-state index is 5.50. The van der Waals surface area contributed by atoms with E-state index < -0.39 is 0 Å². The summed E-state index contributed by atoms with van der Waals surface area (Å²) < 4.78 is 15.7. The average molecular weight is 206 g/mol. The smallest absolute Gasteiger partial charge is 0.165 e. The molecule has 0 aromatic carbocycles. The Morgan fingerprint density at radius 1 is 1.46 bits per heavy atom. The maximum atomic E-state index is 5.50. The predicted molar refractivity (Wildman–Crippen MR) is 54.1 cm³/mol. The van der Waals surface area contributed by atoms with Crippen molar-refractivity contribution in [1.29, 1.82) is 0 Å². The lowest BCUT2D eigenvalue weighted by atomic mass is 10.3. The summed E-state index contributed by atoms with van der Waals surface area (Å²) >= 11 is 1.83. The molecule has 1 heterocycles. The lowest BCUT2D eigenvalue weighted by Gasteiger charge is -2.14. The van der Waals surface area contributed by atoms with Crippen molar-refractivity contribution >= 4 is 11.8 Å². The molecule has 1 aliphatic heterocycles. The highest BCUT2D eigenvalue weighted by atomic mass is 32.2. The second-order valence-corrected chi connectivity index (χ2v) is 4.15. The highest BCUT2D eigenvalue weighted by Gasteiger charge is 2.16. The molecule has 0 aromatic rings. The number of rotatable bonds is 6.